The van der Waals surface area contributed by atoms with Crippen LogP contribution in [0, 0.1) is 0 Å². The zero-order valence-corrected chi connectivity index (χ0v) is 25.9. The van der Waals surface area contributed by atoms with Crippen LogP contribution in [0.1, 0.15) is 63.0 Å². The summed E-state index contributed by atoms with van der Waals surface area (Å²) in [6, 6.07) is 1.25. The minimum Gasteiger partial charge on any atom is -0.377 e. The molecule has 0 N–H and O–H groups in total. The fourth-order valence-electron chi connectivity index (χ4n) is 4.38. The number of nitrogens with zero attached hydrogens (tertiary/aromatic N) is 8. The van der Waals surface area contributed by atoms with Crippen LogP contribution in [0.5, 0.6) is 0 Å². The summed E-state index contributed by atoms with van der Waals surface area (Å²) in [5, 5.41) is 24.3. The lowest BCUT2D eigenvalue weighted by molar-refractivity contribution is 0.121. The molecule has 2 rings (SSSR count). The second-order valence-electron chi connectivity index (χ2n) is 9.06. The molecule has 0 unspecified atom stereocenters. The third kappa shape index (κ3) is 10.1. The fraction of sp³-hybridized carbons (Fsp3) is 0.909. The van der Waals surface area contributed by atoms with Crippen LogP contribution in [-0.2, 0) is 52.5 Å². The maximum absolute atomic E-state index is 5.48. The van der Waals surface area contributed by atoms with E-state index in [0.29, 0.717) is 25.2 Å². The second-order valence-corrected chi connectivity index (χ2v) is 15.2. The lowest BCUT2D eigenvalue weighted by Gasteiger charge is -2.24. The summed E-state index contributed by atoms with van der Waals surface area (Å²) in [6.07, 6.45) is 11.1. The second kappa shape index (κ2) is 17.8. The molecule has 14 nitrogen and oxygen atoms in total. The molecule has 2 heterocycles. The Bertz CT molecular complexity index is 795. The highest BCUT2D eigenvalue weighted by Crippen LogP contribution is 2.16. The number of hydrogen-bond acceptors (Lipinski definition) is 12. The SMILES string of the molecule is CO[Si](CCn1nnnc1CCCCCCCCCCc1nnnn1CC[Si](OC)(OC)OC)(OC)OC. The Balaban J connectivity index is 1.55. The van der Waals surface area contributed by atoms with E-state index in [1.807, 2.05) is 9.36 Å². The van der Waals surface area contributed by atoms with Crippen molar-refractivity contribution in [1.82, 2.24) is 40.4 Å². The topological polar surface area (TPSA) is 143 Å². The highest BCUT2D eigenvalue weighted by molar-refractivity contribution is 6.60. The van der Waals surface area contributed by atoms with Crippen molar-refractivity contribution in [2.75, 3.05) is 42.7 Å². The number of aryl methyl sites for hydroxylation is 4. The van der Waals surface area contributed by atoms with Gasteiger partial charge in [-0.2, -0.15) is 0 Å². The van der Waals surface area contributed by atoms with Gasteiger partial charge >= 0.3 is 17.6 Å². The van der Waals surface area contributed by atoms with Gasteiger partial charge in [-0.15, -0.1) is 10.2 Å². The molecule has 2 aromatic rings. The van der Waals surface area contributed by atoms with E-state index in [1.54, 1.807) is 42.7 Å². The molecule has 0 aliphatic rings. The highest BCUT2D eigenvalue weighted by atomic mass is 28.4. The van der Waals surface area contributed by atoms with Gasteiger partial charge in [0.15, 0.2) is 11.6 Å². The van der Waals surface area contributed by atoms with E-state index < -0.39 is 17.6 Å². The molecule has 0 radical (unpaired) electrons. The maximum Gasteiger partial charge on any atom is 0.502 e. The molecular weight excluding hydrogens is 528 g/mol. The summed E-state index contributed by atoms with van der Waals surface area (Å²) in [5.74, 6) is 1.80. The standard InChI is InChI=1S/C22H46N8O6Si2/c1-31-37(32-2,33-3)19-17-29-21(23-25-27-29)15-13-11-9-7-8-10-12-14-16-22-24-26-28-30(22)18-20-38(34-4,35-5)36-6/h7-20H2,1-6H3. The first-order chi connectivity index (χ1) is 18.5. The molecule has 0 aliphatic carbocycles. The van der Waals surface area contributed by atoms with Gasteiger partial charge in [-0.1, -0.05) is 38.5 Å². The van der Waals surface area contributed by atoms with Crippen LogP contribution in [0.3, 0.4) is 0 Å². The van der Waals surface area contributed by atoms with Crippen molar-refractivity contribution in [2.24, 2.45) is 0 Å². The van der Waals surface area contributed by atoms with Gasteiger partial charge in [0.25, 0.3) is 0 Å². The molecule has 0 saturated carbocycles. The molecule has 38 heavy (non-hydrogen) atoms. The molecule has 0 bridgehead atoms. The lowest BCUT2D eigenvalue weighted by atomic mass is 10.1. The Labute approximate surface area is 228 Å². The van der Waals surface area contributed by atoms with E-state index in [2.05, 4.69) is 31.1 Å². The van der Waals surface area contributed by atoms with E-state index in [-0.39, 0.29) is 0 Å². The molecule has 0 spiro atoms. The van der Waals surface area contributed by atoms with Crippen molar-refractivity contribution in [3.63, 3.8) is 0 Å². The number of unbranched alkanes of at least 4 members (excludes halogenated alkanes) is 7. The minimum atomic E-state index is -2.63. The van der Waals surface area contributed by atoms with Gasteiger partial charge in [-0.25, -0.2) is 9.36 Å². The summed E-state index contributed by atoms with van der Waals surface area (Å²) < 4.78 is 36.6. The van der Waals surface area contributed by atoms with Crippen molar-refractivity contribution in [2.45, 2.75) is 89.4 Å². The molecule has 0 atom stereocenters. The van der Waals surface area contributed by atoms with Crippen LogP contribution in [0.4, 0.5) is 0 Å². The molecule has 0 aliphatic heterocycles. The Morgan fingerprint density at radius 2 is 0.816 bits per heavy atom. The van der Waals surface area contributed by atoms with Gasteiger partial charge < -0.3 is 26.6 Å². The van der Waals surface area contributed by atoms with Gasteiger partial charge in [-0.3, -0.25) is 0 Å². The van der Waals surface area contributed by atoms with Gasteiger partial charge in [0.1, 0.15) is 0 Å². The van der Waals surface area contributed by atoms with Crippen LogP contribution in [0.15, 0.2) is 0 Å². The van der Waals surface area contributed by atoms with Gasteiger partial charge in [0.05, 0.1) is 0 Å². The Morgan fingerprint density at radius 3 is 1.13 bits per heavy atom. The Hall–Kier alpha value is -1.67. The Morgan fingerprint density at radius 1 is 0.500 bits per heavy atom. The number of hydrogen-bond donors (Lipinski definition) is 0. The minimum absolute atomic E-state index is 0.617. The number of aromatic nitrogens is 8. The molecule has 0 saturated heterocycles. The maximum atomic E-state index is 5.48. The Kier molecular flexibility index (Phi) is 15.3. The van der Waals surface area contributed by atoms with Crippen LogP contribution < -0.4 is 0 Å². The largest absolute Gasteiger partial charge is 0.502 e. The summed E-state index contributed by atoms with van der Waals surface area (Å²) in [4.78, 5) is 0. The van der Waals surface area contributed by atoms with Crippen LogP contribution >= 0.6 is 0 Å². The smallest absolute Gasteiger partial charge is 0.377 e. The molecule has 218 valence electrons. The number of rotatable bonds is 23. The predicted molar refractivity (Wildman–Crippen MR) is 143 cm³/mol. The van der Waals surface area contributed by atoms with Crippen LogP contribution in [-0.4, -0.2) is 101 Å². The third-order valence-electron chi connectivity index (χ3n) is 6.89. The fourth-order valence-corrected chi connectivity index (χ4v) is 7.57. The zero-order chi connectivity index (χ0) is 27.7. The summed E-state index contributed by atoms with van der Waals surface area (Å²) in [5.41, 5.74) is 0. The molecular formula is C22H46N8O6Si2. The van der Waals surface area contributed by atoms with Gasteiger partial charge in [-0.05, 0) is 33.7 Å². The van der Waals surface area contributed by atoms with E-state index >= 15 is 0 Å². The quantitative estimate of drug-likeness (QED) is 0.142. The molecule has 16 heteroatoms. The first kappa shape index (κ1) is 32.5. The van der Waals surface area contributed by atoms with Crippen LogP contribution in [0.25, 0.3) is 0 Å². The van der Waals surface area contributed by atoms with Crippen molar-refractivity contribution in [3.8, 4) is 0 Å². The average molecular weight is 575 g/mol. The van der Waals surface area contributed by atoms with Crippen molar-refractivity contribution in [1.29, 1.82) is 0 Å². The van der Waals surface area contributed by atoms with Crippen molar-refractivity contribution in [3.05, 3.63) is 11.6 Å². The van der Waals surface area contributed by atoms with Crippen LogP contribution in [0.2, 0.25) is 12.1 Å². The third-order valence-corrected chi connectivity index (χ3v) is 12.3. The summed E-state index contributed by atoms with van der Waals surface area (Å²) in [6.45, 7) is 1.23. The zero-order valence-electron chi connectivity index (χ0n) is 23.9. The van der Waals surface area contributed by atoms with E-state index in [9.17, 15) is 0 Å². The highest BCUT2D eigenvalue weighted by Gasteiger charge is 2.38. The van der Waals surface area contributed by atoms with E-state index in [4.69, 9.17) is 26.6 Å². The first-order valence-corrected chi connectivity index (χ1v) is 17.2. The first-order valence-electron chi connectivity index (χ1n) is 13.3. The number of tetrazole rings is 2. The van der Waals surface area contributed by atoms with Gasteiger partial charge in [0.2, 0.25) is 0 Å². The molecule has 2 aromatic heterocycles. The van der Waals surface area contributed by atoms with E-state index in [1.165, 1.54) is 38.5 Å². The lowest BCUT2D eigenvalue weighted by Crippen LogP contribution is -2.43. The normalized spacial score (nSPS) is 12.5. The predicted octanol–water partition coefficient (Wildman–Crippen LogP) is 2.32. The van der Waals surface area contributed by atoms with Crippen molar-refractivity contribution < 1.29 is 26.6 Å². The molecule has 0 amide bonds. The van der Waals surface area contributed by atoms with E-state index in [0.717, 1.165) is 37.3 Å². The molecule has 0 aromatic carbocycles. The summed E-state index contributed by atoms with van der Waals surface area (Å²) >= 11 is 0. The van der Waals surface area contributed by atoms with Gasteiger partial charge in [0, 0.05) is 80.7 Å². The summed E-state index contributed by atoms with van der Waals surface area (Å²) in [7, 11) is 4.43. The average Bonchev–Trinajstić information content (AvgIpc) is 3.61. The van der Waals surface area contributed by atoms with Crippen molar-refractivity contribution >= 4 is 17.6 Å². The monoisotopic (exact) mass is 574 g/mol. The molecule has 0 fully saturated rings.